The number of carbonyl (C=O) groups is 2. The minimum absolute atomic E-state index is 0.0252. The highest BCUT2D eigenvalue weighted by molar-refractivity contribution is 7.13. The lowest BCUT2D eigenvalue weighted by Crippen LogP contribution is -2.38. The maximum absolute atomic E-state index is 12.6. The van der Waals surface area contributed by atoms with Gasteiger partial charge in [-0.3, -0.25) is 9.59 Å². The van der Waals surface area contributed by atoms with Crippen LogP contribution in [0, 0.1) is 6.92 Å². The Balaban J connectivity index is 2.06. The first-order valence-electron chi connectivity index (χ1n) is 7.51. The van der Waals surface area contributed by atoms with Gasteiger partial charge in [0.25, 0.3) is 5.91 Å². The van der Waals surface area contributed by atoms with Crippen LogP contribution in [0.15, 0.2) is 30.3 Å². The van der Waals surface area contributed by atoms with Gasteiger partial charge in [0, 0.05) is 16.4 Å². The van der Waals surface area contributed by atoms with Crippen LogP contribution in [-0.4, -0.2) is 29.8 Å². The van der Waals surface area contributed by atoms with E-state index < -0.39 is 0 Å². The van der Waals surface area contributed by atoms with Crippen LogP contribution in [0.3, 0.4) is 0 Å². The van der Waals surface area contributed by atoms with Gasteiger partial charge >= 0.3 is 0 Å². The third-order valence-corrected chi connectivity index (χ3v) is 4.81. The van der Waals surface area contributed by atoms with Crippen LogP contribution < -0.4 is 5.32 Å². The van der Waals surface area contributed by atoms with E-state index in [1.807, 2.05) is 19.9 Å². The summed E-state index contributed by atoms with van der Waals surface area (Å²) in [4.78, 5) is 28.1. The van der Waals surface area contributed by atoms with E-state index in [2.05, 4.69) is 5.32 Å². The maximum Gasteiger partial charge on any atom is 0.264 e. The van der Waals surface area contributed by atoms with Crippen LogP contribution in [0.1, 0.15) is 27.9 Å². The molecule has 1 heterocycles. The minimum atomic E-state index is -0.297. The molecule has 2 amide bonds. The molecule has 0 atom stereocenters. The van der Waals surface area contributed by atoms with E-state index in [4.69, 9.17) is 23.2 Å². The molecule has 0 bridgehead atoms. The Bertz CT molecular complexity index is 746. The molecule has 2 aromatic rings. The van der Waals surface area contributed by atoms with Gasteiger partial charge in [-0.15, -0.1) is 11.3 Å². The molecule has 0 saturated carbocycles. The number of thiophene rings is 1. The fourth-order valence-electron chi connectivity index (χ4n) is 2.18. The Morgan fingerprint density at radius 3 is 2.54 bits per heavy atom. The monoisotopic (exact) mass is 384 g/mol. The molecule has 1 N–H and O–H groups in total. The second-order valence-electron chi connectivity index (χ2n) is 5.31. The summed E-state index contributed by atoms with van der Waals surface area (Å²) in [5.74, 6) is -0.429. The Morgan fingerprint density at radius 1 is 1.21 bits per heavy atom. The van der Waals surface area contributed by atoms with E-state index in [0.717, 1.165) is 11.3 Å². The fraction of sp³-hybridized carbons (Fsp3) is 0.294. The van der Waals surface area contributed by atoms with Gasteiger partial charge in [0.2, 0.25) is 5.91 Å². The standard InChI is InChI=1S/C17H18Cl2N2O2S/c1-3-8-21(17(23)15-7-4-11(2)24-15)10-16(22)20-14-6-5-12(18)9-13(14)19/h4-7,9H,3,8,10H2,1-2H3,(H,20,22). The molecule has 1 aromatic carbocycles. The average Bonchev–Trinajstić information content (AvgIpc) is 2.95. The molecule has 7 heteroatoms. The van der Waals surface area contributed by atoms with Crippen LogP contribution in [0.25, 0.3) is 0 Å². The van der Waals surface area contributed by atoms with E-state index >= 15 is 0 Å². The first kappa shape index (κ1) is 18.8. The fourth-order valence-corrected chi connectivity index (χ4v) is 3.47. The van der Waals surface area contributed by atoms with Crippen molar-refractivity contribution in [2.45, 2.75) is 20.3 Å². The molecule has 4 nitrogen and oxygen atoms in total. The predicted octanol–water partition coefficient (Wildman–Crippen LogP) is 4.85. The predicted molar refractivity (Wildman–Crippen MR) is 100 cm³/mol. The third kappa shape index (κ3) is 4.97. The summed E-state index contributed by atoms with van der Waals surface area (Å²) in [6.45, 7) is 4.40. The summed E-state index contributed by atoms with van der Waals surface area (Å²) in [6.07, 6.45) is 0.769. The highest BCUT2D eigenvalue weighted by Crippen LogP contribution is 2.25. The molecule has 0 saturated heterocycles. The van der Waals surface area contributed by atoms with Crippen molar-refractivity contribution in [1.29, 1.82) is 0 Å². The normalized spacial score (nSPS) is 10.5. The van der Waals surface area contributed by atoms with E-state index in [0.29, 0.717) is 27.2 Å². The SMILES string of the molecule is CCCN(CC(=O)Nc1ccc(Cl)cc1Cl)C(=O)c1ccc(C)s1. The number of anilines is 1. The zero-order valence-corrected chi connectivity index (χ0v) is 15.8. The Morgan fingerprint density at radius 2 is 1.96 bits per heavy atom. The first-order chi connectivity index (χ1) is 11.4. The van der Waals surface area contributed by atoms with Crippen molar-refractivity contribution in [2.24, 2.45) is 0 Å². The maximum atomic E-state index is 12.6. The molecule has 0 spiro atoms. The summed E-state index contributed by atoms with van der Waals surface area (Å²) in [5.41, 5.74) is 0.474. The van der Waals surface area contributed by atoms with Crippen molar-refractivity contribution in [3.8, 4) is 0 Å². The quantitative estimate of drug-likeness (QED) is 0.773. The van der Waals surface area contributed by atoms with Crippen LogP contribution in [0.5, 0.6) is 0 Å². The number of aryl methyl sites for hydroxylation is 1. The number of halogens is 2. The highest BCUT2D eigenvalue weighted by atomic mass is 35.5. The Kier molecular flexibility index (Phi) is 6.66. The van der Waals surface area contributed by atoms with E-state index in [-0.39, 0.29) is 18.4 Å². The smallest absolute Gasteiger partial charge is 0.264 e. The topological polar surface area (TPSA) is 49.4 Å². The molecule has 0 unspecified atom stereocenters. The van der Waals surface area contributed by atoms with Crippen LogP contribution in [0.2, 0.25) is 10.0 Å². The summed E-state index contributed by atoms with van der Waals surface area (Å²) >= 11 is 13.3. The molecule has 0 radical (unpaired) electrons. The van der Waals surface area contributed by atoms with Crippen molar-refractivity contribution in [3.63, 3.8) is 0 Å². The number of hydrogen-bond acceptors (Lipinski definition) is 3. The van der Waals surface area contributed by atoms with E-state index in [1.54, 1.807) is 29.2 Å². The second-order valence-corrected chi connectivity index (χ2v) is 7.44. The molecule has 0 aliphatic rings. The van der Waals surface area contributed by atoms with Gasteiger partial charge in [-0.05, 0) is 43.7 Å². The molecular weight excluding hydrogens is 367 g/mol. The van der Waals surface area contributed by atoms with Gasteiger partial charge in [0.05, 0.1) is 15.6 Å². The first-order valence-corrected chi connectivity index (χ1v) is 9.08. The summed E-state index contributed by atoms with van der Waals surface area (Å²) in [6, 6.07) is 8.53. The molecular formula is C17H18Cl2N2O2S. The largest absolute Gasteiger partial charge is 0.329 e. The zero-order chi connectivity index (χ0) is 17.7. The highest BCUT2D eigenvalue weighted by Gasteiger charge is 2.20. The summed E-state index contributed by atoms with van der Waals surface area (Å²) in [7, 11) is 0. The van der Waals surface area contributed by atoms with Gasteiger partial charge in [-0.25, -0.2) is 0 Å². The number of hydrogen-bond donors (Lipinski definition) is 1. The minimum Gasteiger partial charge on any atom is -0.329 e. The molecule has 2 rings (SSSR count). The van der Waals surface area contributed by atoms with E-state index in [9.17, 15) is 9.59 Å². The van der Waals surface area contributed by atoms with Crippen LogP contribution in [-0.2, 0) is 4.79 Å². The van der Waals surface area contributed by atoms with Crippen molar-refractivity contribution in [2.75, 3.05) is 18.4 Å². The lowest BCUT2D eigenvalue weighted by atomic mass is 10.3. The number of carbonyl (C=O) groups excluding carboxylic acids is 2. The number of amides is 2. The number of benzene rings is 1. The van der Waals surface area contributed by atoms with Crippen molar-refractivity contribution in [3.05, 3.63) is 50.1 Å². The molecule has 1 aromatic heterocycles. The second kappa shape index (κ2) is 8.51. The lowest BCUT2D eigenvalue weighted by molar-refractivity contribution is -0.116. The Hall–Kier alpha value is -1.56. The van der Waals surface area contributed by atoms with Crippen molar-refractivity contribution < 1.29 is 9.59 Å². The molecule has 128 valence electrons. The van der Waals surface area contributed by atoms with Gasteiger partial charge in [-0.2, -0.15) is 0 Å². The van der Waals surface area contributed by atoms with Crippen molar-refractivity contribution in [1.82, 2.24) is 4.90 Å². The van der Waals surface area contributed by atoms with E-state index in [1.165, 1.54) is 11.3 Å². The third-order valence-electron chi connectivity index (χ3n) is 3.27. The van der Waals surface area contributed by atoms with Gasteiger partial charge in [0.15, 0.2) is 0 Å². The number of rotatable bonds is 6. The molecule has 0 fully saturated rings. The van der Waals surface area contributed by atoms with Gasteiger partial charge in [-0.1, -0.05) is 30.1 Å². The van der Waals surface area contributed by atoms with Crippen molar-refractivity contribution >= 4 is 52.0 Å². The molecule has 24 heavy (non-hydrogen) atoms. The average molecular weight is 385 g/mol. The zero-order valence-electron chi connectivity index (χ0n) is 13.4. The molecule has 0 aliphatic heterocycles. The number of nitrogens with zero attached hydrogens (tertiary/aromatic N) is 1. The molecule has 0 aliphatic carbocycles. The van der Waals surface area contributed by atoms with Gasteiger partial charge in [0.1, 0.15) is 6.54 Å². The summed E-state index contributed by atoms with van der Waals surface area (Å²) < 4.78 is 0. The summed E-state index contributed by atoms with van der Waals surface area (Å²) in [5, 5.41) is 3.57. The van der Waals surface area contributed by atoms with Crippen LogP contribution >= 0.6 is 34.5 Å². The number of nitrogens with one attached hydrogen (secondary N) is 1. The van der Waals surface area contributed by atoms with Crippen LogP contribution in [0.4, 0.5) is 5.69 Å². The lowest BCUT2D eigenvalue weighted by Gasteiger charge is -2.21. The van der Waals surface area contributed by atoms with Gasteiger partial charge < -0.3 is 10.2 Å². The Labute approximate surface area is 155 Å².